The van der Waals surface area contributed by atoms with Gasteiger partial charge in [0.25, 0.3) is 5.69 Å². The lowest BCUT2D eigenvalue weighted by molar-refractivity contribution is -0.384. The molecule has 1 aromatic heterocycles. The Morgan fingerprint density at radius 1 is 1.42 bits per heavy atom. The Kier molecular flexibility index (Phi) is 3.39. The summed E-state index contributed by atoms with van der Waals surface area (Å²) < 4.78 is 5.51. The summed E-state index contributed by atoms with van der Waals surface area (Å²) in [7, 11) is 0. The van der Waals surface area contributed by atoms with Crippen LogP contribution in [-0.2, 0) is 0 Å². The molecule has 6 nitrogen and oxygen atoms in total. The quantitative estimate of drug-likeness (QED) is 0.621. The summed E-state index contributed by atoms with van der Waals surface area (Å²) in [5.41, 5.74) is 0.898. The molecule has 0 aliphatic heterocycles. The van der Waals surface area contributed by atoms with Gasteiger partial charge in [0.15, 0.2) is 0 Å². The number of ether oxygens (including phenoxy) is 1. The van der Waals surface area contributed by atoms with E-state index in [2.05, 4.69) is 4.98 Å². The van der Waals surface area contributed by atoms with Crippen molar-refractivity contribution in [2.45, 2.75) is 6.92 Å². The minimum absolute atomic E-state index is 0.00798. The summed E-state index contributed by atoms with van der Waals surface area (Å²) in [6.07, 6.45) is 1.51. The van der Waals surface area contributed by atoms with Crippen molar-refractivity contribution in [3.63, 3.8) is 0 Å². The molecule has 0 aliphatic rings. The second-order valence-corrected chi connectivity index (χ2v) is 3.78. The molecular formula is C13H9N3O3. The average molecular weight is 255 g/mol. The Morgan fingerprint density at radius 2 is 2.21 bits per heavy atom. The summed E-state index contributed by atoms with van der Waals surface area (Å²) in [6, 6.07) is 9.43. The number of rotatable bonds is 3. The standard InChI is InChI=1S/C13H9N3O3/c1-9-7-11(16(17)18)4-5-12(9)19-13-10(8-14)3-2-6-15-13/h2-7H,1H3. The third kappa shape index (κ3) is 2.66. The number of aromatic nitrogens is 1. The molecule has 0 bridgehead atoms. The van der Waals surface area contributed by atoms with Crippen LogP contribution in [0.4, 0.5) is 5.69 Å². The highest BCUT2D eigenvalue weighted by atomic mass is 16.6. The Balaban J connectivity index is 2.34. The third-order valence-corrected chi connectivity index (χ3v) is 2.47. The lowest BCUT2D eigenvalue weighted by Crippen LogP contribution is -1.94. The van der Waals surface area contributed by atoms with E-state index in [0.29, 0.717) is 16.9 Å². The van der Waals surface area contributed by atoms with Gasteiger partial charge in [-0.3, -0.25) is 10.1 Å². The van der Waals surface area contributed by atoms with Gasteiger partial charge in [-0.1, -0.05) is 0 Å². The van der Waals surface area contributed by atoms with Crippen molar-refractivity contribution >= 4 is 5.69 Å². The van der Waals surface area contributed by atoms with E-state index in [1.165, 1.54) is 24.4 Å². The van der Waals surface area contributed by atoms with Crippen LogP contribution in [0.3, 0.4) is 0 Å². The topological polar surface area (TPSA) is 89.1 Å². The van der Waals surface area contributed by atoms with Gasteiger partial charge < -0.3 is 4.74 Å². The lowest BCUT2D eigenvalue weighted by atomic mass is 10.2. The van der Waals surface area contributed by atoms with Gasteiger partial charge in [0, 0.05) is 18.3 Å². The van der Waals surface area contributed by atoms with Gasteiger partial charge in [-0.05, 0) is 30.7 Å². The highest BCUT2D eigenvalue weighted by Crippen LogP contribution is 2.28. The first-order chi connectivity index (χ1) is 9.11. The van der Waals surface area contributed by atoms with E-state index < -0.39 is 4.92 Å². The Labute approximate surface area is 109 Å². The molecular weight excluding hydrogens is 246 g/mol. The SMILES string of the molecule is Cc1cc([N+](=O)[O-])ccc1Oc1ncccc1C#N. The fraction of sp³-hybridized carbons (Fsp3) is 0.0769. The molecule has 19 heavy (non-hydrogen) atoms. The molecule has 0 fully saturated rings. The van der Waals surface area contributed by atoms with Crippen LogP contribution >= 0.6 is 0 Å². The van der Waals surface area contributed by atoms with E-state index in [1.807, 2.05) is 6.07 Å². The summed E-state index contributed by atoms with van der Waals surface area (Å²) in [4.78, 5) is 14.1. The van der Waals surface area contributed by atoms with Crippen molar-refractivity contribution in [3.05, 3.63) is 57.8 Å². The second kappa shape index (κ2) is 5.14. The lowest BCUT2D eigenvalue weighted by Gasteiger charge is -2.08. The maximum absolute atomic E-state index is 10.6. The van der Waals surface area contributed by atoms with Crippen molar-refractivity contribution in [1.82, 2.24) is 4.98 Å². The molecule has 1 aromatic carbocycles. The second-order valence-electron chi connectivity index (χ2n) is 3.78. The van der Waals surface area contributed by atoms with E-state index in [0.717, 1.165) is 0 Å². The molecule has 1 heterocycles. The highest BCUT2D eigenvalue weighted by Gasteiger charge is 2.11. The fourth-order valence-corrected chi connectivity index (χ4v) is 1.52. The van der Waals surface area contributed by atoms with Gasteiger partial charge in [-0.25, -0.2) is 4.98 Å². The van der Waals surface area contributed by atoms with Crippen molar-refractivity contribution in [1.29, 1.82) is 5.26 Å². The number of nitriles is 1. The molecule has 2 rings (SSSR count). The fourth-order valence-electron chi connectivity index (χ4n) is 1.52. The maximum Gasteiger partial charge on any atom is 0.269 e. The number of hydrogen-bond acceptors (Lipinski definition) is 5. The Bertz CT molecular complexity index is 677. The van der Waals surface area contributed by atoms with Crippen molar-refractivity contribution < 1.29 is 9.66 Å². The molecule has 0 saturated carbocycles. The van der Waals surface area contributed by atoms with Crippen molar-refractivity contribution in [2.24, 2.45) is 0 Å². The Morgan fingerprint density at radius 3 is 2.84 bits per heavy atom. The normalized spacial score (nSPS) is 9.68. The van der Waals surface area contributed by atoms with Crippen LogP contribution in [0.15, 0.2) is 36.5 Å². The van der Waals surface area contributed by atoms with Crippen LogP contribution in [0.5, 0.6) is 11.6 Å². The molecule has 0 N–H and O–H groups in total. The minimum Gasteiger partial charge on any atom is -0.437 e. The molecule has 0 spiro atoms. The van der Waals surface area contributed by atoms with E-state index in [9.17, 15) is 10.1 Å². The number of nitro groups is 1. The predicted molar refractivity (Wildman–Crippen MR) is 66.9 cm³/mol. The van der Waals surface area contributed by atoms with Gasteiger partial charge in [-0.2, -0.15) is 5.26 Å². The molecule has 0 radical (unpaired) electrons. The first-order valence-corrected chi connectivity index (χ1v) is 5.40. The van der Waals surface area contributed by atoms with E-state index in [4.69, 9.17) is 10.00 Å². The number of non-ortho nitro benzene ring substituents is 1. The molecule has 2 aromatic rings. The summed E-state index contributed by atoms with van der Waals surface area (Å²) >= 11 is 0. The van der Waals surface area contributed by atoms with Gasteiger partial charge >= 0.3 is 0 Å². The molecule has 0 amide bonds. The van der Waals surface area contributed by atoms with E-state index in [-0.39, 0.29) is 11.6 Å². The number of aryl methyl sites for hydroxylation is 1. The van der Waals surface area contributed by atoms with Crippen LogP contribution in [0.2, 0.25) is 0 Å². The van der Waals surface area contributed by atoms with Crippen molar-refractivity contribution in [3.8, 4) is 17.7 Å². The maximum atomic E-state index is 10.6. The smallest absolute Gasteiger partial charge is 0.269 e. The predicted octanol–water partition coefficient (Wildman–Crippen LogP) is 2.96. The molecule has 6 heteroatoms. The molecule has 0 saturated heterocycles. The molecule has 0 atom stereocenters. The molecule has 94 valence electrons. The number of nitrogens with zero attached hydrogens (tertiary/aromatic N) is 3. The van der Waals surface area contributed by atoms with Crippen LogP contribution < -0.4 is 4.74 Å². The van der Waals surface area contributed by atoms with E-state index >= 15 is 0 Å². The zero-order chi connectivity index (χ0) is 13.8. The monoisotopic (exact) mass is 255 g/mol. The zero-order valence-electron chi connectivity index (χ0n) is 10.0. The molecule has 0 unspecified atom stereocenters. The van der Waals surface area contributed by atoms with Crippen LogP contribution in [0.25, 0.3) is 0 Å². The number of pyridine rings is 1. The average Bonchev–Trinajstić information content (AvgIpc) is 2.41. The minimum atomic E-state index is -0.474. The first kappa shape index (κ1) is 12.5. The summed E-state index contributed by atoms with van der Waals surface area (Å²) in [6.45, 7) is 1.69. The third-order valence-electron chi connectivity index (χ3n) is 2.47. The van der Waals surface area contributed by atoms with Gasteiger partial charge in [0.1, 0.15) is 17.4 Å². The molecule has 0 aliphatic carbocycles. The van der Waals surface area contributed by atoms with Crippen LogP contribution in [0, 0.1) is 28.4 Å². The number of hydrogen-bond donors (Lipinski definition) is 0. The van der Waals surface area contributed by atoms with E-state index in [1.54, 1.807) is 19.1 Å². The largest absolute Gasteiger partial charge is 0.437 e. The zero-order valence-corrected chi connectivity index (χ0v) is 10.0. The first-order valence-electron chi connectivity index (χ1n) is 5.40. The number of benzene rings is 1. The van der Waals surface area contributed by atoms with Gasteiger partial charge in [0.05, 0.1) is 4.92 Å². The summed E-state index contributed by atoms with van der Waals surface area (Å²) in [5.74, 6) is 0.614. The number of nitro benzene ring substituents is 1. The van der Waals surface area contributed by atoms with Gasteiger partial charge in [-0.15, -0.1) is 0 Å². The van der Waals surface area contributed by atoms with Crippen LogP contribution in [-0.4, -0.2) is 9.91 Å². The highest BCUT2D eigenvalue weighted by molar-refractivity contribution is 5.46. The summed E-state index contributed by atoms with van der Waals surface area (Å²) in [5, 5.41) is 19.6. The van der Waals surface area contributed by atoms with Crippen LogP contribution in [0.1, 0.15) is 11.1 Å². The Hall–Kier alpha value is -2.94. The van der Waals surface area contributed by atoms with Gasteiger partial charge in [0.2, 0.25) is 5.88 Å². The van der Waals surface area contributed by atoms with Crippen molar-refractivity contribution in [2.75, 3.05) is 0 Å².